The molecule has 0 N–H and O–H groups in total. The number of nitrogens with zero attached hydrogens (tertiary/aromatic N) is 5. The van der Waals surface area contributed by atoms with Crippen LogP contribution in [0.15, 0.2) is 54.9 Å². The first-order valence-corrected chi connectivity index (χ1v) is 9.37. The molecule has 7 heteroatoms. The number of rotatable bonds is 4. The van der Waals surface area contributed by atoms with Gasteiger partial charge < -0.3 is 9.80 Å². The minimum absolute atomic E-state index is 0.208. The molecule has 5 nitrogen and oxygen atoms in total. The highest BCUT2D eigenvalue weighted by atomic mass is 35.5. The van der Waals surface area contributed by atoms with Crippen molar-refractivity contribution >= 4 is 23.2 Å². The average Bonchev–Trinajstić information content (AvgIpc) is 3.13. The van der Waals surface area contributed by atoms with E-state index in [9.17, 15) is 4.39 Å². The van der Waals surface area contributed by atoms with Crippen molar-refractivity contribution in [3.8, 4) is 0 Å². The van der Waals surface area contributed by atoms with E-state index in [1.807, 2.05) is 41.1 Å². The zero-order valence-corrected chi connectivity index (χ0v) is 15.8. The van der Waals surface area contributed by atoms with Crippen LogP contribution in [0.2, 0.25) is 5.02 Å². The van der Waals surface area contributed by atoms with Gasteiger partial charge in [0.2, 0.25) is 5.95 Å². The molecule has 1 aliphatic rings. The van der Waals surface area contributed by atoms with Crippen molar-refractivity contribution in [1.29, 1.82) is 0 Å². The molecular formula is C20H21ClFN5. The summed E-state index contributed by atoms with van der Waals surface area (Å²) in [6, 6.07) is 14.7. The Labute approximate surface area is 163 Å². The van der Waals surface area contributed by atoms with Gasteiger partial charge in [-0.1, -0.05) is 23.7 Å². The third-order valence-corrected chi connectivity index (χ3v) is 5.10. The first-order chi connectivity index (χ1) is 13.1. The Morgan fingerprint density at radius 3 is 2.52 bits per heavy atom. The summed E-state index contributed by atoms with van der Waals surface area (Å²) in [4.78, 5) is 8.97. The van der Waals surface area contributed by atoms with Gasteiger partial charge in [-0.2, -0.15) is 0 Å². The molecule has 0 unspecified atom stereocenters. The van der Waals surface area contributed by atoms with E-state index in [0.29, 0.717) is 6.54 Å². The maximum Gasteiger partial charge on any atom is 0.244 e. The van der Waals surface area contributed by atoms with Gasteiger partial charge in [0.1, 0.15) is 12.1 Å². The second kappa shape index (κ2) is 7.56. The van der Waals surface area contributed by atoms with Crippen LogP contribution in [0.4, 0.5) is 16.0 Å². The van der Waals surface area contributed by atoms with Crippen LogP contribution in [0.25, 0.3) is 0 Å². The highest BCUT2D eigenvalue weighted by Crippen LogP contribution is 2.22. The van der Waals surface area contributed by atoms with Gasteiger partial charge in [-0.15, -0.1) is 5.10 Å². The number of piperazine rings is 1. The normalized spacial score (nSPS) is 17.4. The summed E-state index contributed by atoms with van der Waals surface area (Å²) in [6.07, 6.45) is 1.76. The first-order valence-electron chi connectivity index (χ1n) is 8.99. The monoisotopic (exact) mass is 385 g/mol. The summed E-state index contributed by atoms with van der Waals surface area (Å²) >= 11 is 5.93. The van der Waals surface area contributed by atoms with Crippen molar-refractivity contribution in [2.24, 2.45) is 0 Å². The van der Waals surface area contributed by atoms with Gasteiger partial charge in [0.25, 0.3) is 0 Å². The number of benzene rings is 2. The van der Waals surface area contributed by atoms with Gasteiger partial charge in [0.05, 0.1) is 6.54 Å². The number of aromatic nitrogens is 3. The lowest BCUT2D eigenvalue weighted by Gasteiger charge is -2.40. The largest absolute Gasteiger partial charge is 0.365 e. The number of hydrogen-bond donors (Lipinski definition) is 0. The Morgan fingerprint density at radius 1 is 1.07 bits per heavy atom. The third-order valence-electron chi connectivity index (χ3n) is 4.85. The van der Waals surface area contributed by atoms with Gasteiger partial charge in [-0.25, -0.2) is 14.1 Å². The van der Waals surface area contributed by atoms with Crippen LogP contribution in [-0.2, 0) is 6.54 Å². The zero-order valence-electron chi connectivity index (χ0n) is 15.1. The molecule has 27 heavy (non-hydrogen) atoms. The molecule has 1 saturated heterocycles. The van der Waals surface area contributed by atoms with Crippen LogP contribution in [0.3, 0.4) is 0 Å². The molecule has 3 aromatic rings. The molecule has 1 aliphatic heterocycles. The summed E-state index contributed by atoms with van der Waals surface area (Å²) < 4.78 is 15.0. The fourth-order valence-electron chi connectivity index (χ4n) is 3.44. The van der Waals surface area contributed by atoms with Crippen LogP contribution in [0.1, 0.15) is 12.5 Å². The molecule has 0 saturated carbocycles. The fraction of sp³-hybridized carbons (Fsp3) is 0.300. The minimum Gasteiger partial charge on any atom is -0.365 e. The third kappa shape index (κ3) is 4.06. The lowest BCUT2D eigenvalue weighted by molar-refractivity contribution is 0.540. The van der Waals surface area contributed by atoms with Crippen molar-refractivity contribution in [2.75, 3.05) is 29.4 Å². The Balaban J connectivity index is 1.41. The van der Waals surface area contributed by atoms with Gasteiger partial charge >= 0.3 is 0 Å². The molecule has 0 spiro atoms. The van der Waals surface area contributed by atoms with Crippen molar-refractivity contribution in [2.45, 2.75) is 19.5 Å². The first kappa shape index (κ1) is 17.8. The lowest BCUT2D eigenvalue weighted by atomic mass is 10.1. The summed E-state index contributed by atoms with van der Waals surface area (Å²) in [7, 11) is 0. The van der Waals surface area contributed by atoms with E-state index in [-0.39, 0.29) is 11.9 Å². The summed E-state index contributed by atoms with van der Waals surface area (Å²) in [5.74, 6) is 0.537. The molecule has 0 amide bonds. The lowest BCUT2D eigenvalue weighted by Crippen LogP contribution is -2.52. The second-order valence-electron chi connectivity index (χ2n) is 6.83. The average molecular weight is 386 g/mol. The van der Waals surface area contributed by atoms with Crippen LogP contribution < -0.4 is 9.80 Å². The van der Waals surface area contributed by atoms with Crippen LogP contribution >= 0.6 is 11.6 Å². The summed E-state index contributed by atoms with van der Waals surface area (Å²) in [5, 5.41) is 5.35. The second-order valence-corrected chi connectivity index (χ2v) is 7.27. The fourth-order valence-corrected chi connectivity index (χ4v) is 3.56. The molecule has 0 radical (unpaired) electrons. The van der Waals surface area contributed by atoms with E-state index in [1.54, 1.807) is 6.33 Å². The van der Waals surface area contributed by atoms with Crippen molar-refractivity contribution in [1.82, 2.24) is 14.8 Å². The molecule has 0 aliphatic carbocycles. The summed E-state index contributed by atoms with van der Waals surface area (Å²) in [6.45, 7) is 5.32. The predicted octanol–water partition coefficient (Wildman–Crippen LogP) is 3.83. The van der Waals surface area contributed by atoms with Gasteiger partial charge in [-0.05, 0) is 48.9 Å². The minimum atomic E-state index is -0.208. The van der Waals surface area contributed by atoms with Crippen LogP contribution in [-0.4, -0.2) is 40.4 Å². The quantitative estimate of drug-likeness (QED) is 0.684. The Morgan fingerprint density at radius 2 is 1.81 bits per heavy atom. The number of halogens is 2. The SMILES string of the molecule is C[C@H]1CN(c2ncn(Cc3ccc(Cl)cc3)n2)CCN1c1ccc(F)cc1. The highest BCUT2D eigenvalue weighted by molar-refractivity contribution is 6.30. The maximum absolute atomic E-state index is 13.2. The molecular weight excluding hydrogens is 365 g/mol. The van der Waals surface area contributed by atoms with Gasteiger partial charge in [0.15, 0.2) is 0 Å². The molecule has 1 aromatic heterocycles. The highest BCUT2D eigenvalue weighted by Gasteiger charge is 2.26. The van der Waals surface area contributed by atoms with Crippen LogP contribution in [0.5, 0.6) is 0 Å². The van der Waals surface area contributed by atoms with Crippen molar-refractivity contribution < 1.29 is 4.39 Å². The molecule has 4 rings (SSSR count). The molecule has 1 fully saturated rings. The molecule has 140 valence electrons. The van der Waals surface area contributed by atoms with E-state index in [1.165, 1.54) is 12.1 Å². The molecule has 1 atom stereocenters. The van der Waals surface area contributed by atoms with E-state index in [4.69, 9.17) is 11.6 Å². The number of anilines is 2. The van der Waals surface area contributed by atoms with E-state index >= 15 is 0 Å². The Bertz CT molecular complexity index is 893. The number of hydrogen-bond acceptors (Lipinski definition) is 4. The Kier molecular flexibility index (Phi) is 4.99. The van der Waals surface area contributed by atoms with E-state index in [0.717, 1.165) is 41.9 Å². The maximum atomic E-state index is 13.2. The topological polar surface area (TPSA) is 37.2 Å². The molecule has 2 heterocycles. The smallest absolute Gasteiger partial charge is 0.244 e. The van der Waals surface area contributed by atoms with Crippen molar-refractivity contribution in [3.63, 3.8) is 0 Å². The van der Waals surface area contributed by atoms with Gasteiger partial charge in [0, 0.05) is 36.4 Å². The summed E-state index contributed by atoms with van der Waals surface area (Å²) in [5.41, 5.74) is 2.18. The van der Waals surface area contributed by atoms with E-state index < -0.39 is 0 Å². The van der Waals surface area contributed by atoms with Crippen molar-refractivity contribution in [3.05, 3.63) is 71.3 Å². The van der Waals surface area contributed by atoms with Gasteiger partial charge in [-0.3, -0.25) is 0 Å². The van der Waals surface area contributed by atoms with E-state index in [2.05, 4.69) is 26.8 Å². The predicted molar refractivity (Wildman–Crippen MR) is 106 cm³/mol. The zero-order chi connectivity index (χ0) is 18.8. The molecule has 0 bridgehead atoms. The Hall–Kier alpha value is -2.60. The standard InChI is InChI=1S/C20H21ClFN5/c1-15-12-25(10-11-27(15)19-8-6-18(22)7-9-19)20-23-14-26(24-20)13-16-2-4-17(21)5-3-16/h2-9,14-15H,10-13H2,1H3/t15-/m0/s1. The van der Waals surface area contributed by atoms with Crippen LogP contribution in [0, 0.1) is 5.82 Å². The molecule has 2 aromatic carbocycles.